The van der Waals surface area contributed by atoms with Crippen molar-refractivity contribution in [1.29, 1.82) is 0 Å². The third-order valence-electron chi connectivity index (χ3n) is 14.3. The molecule has 1 amide bonds. The number of amides is 1. The van der Waals surface area contributed by atoms with E-state index in [2.05, 4.69) is 25.3 Å². The van der Waals surface area contributed by atoms with Crippen molar-refractivity contribution >= 4 is 90.1 Å². The summed E-state index contributed by atoms with van der Waals surface area (Å²) < 4.78 is 94.2. The van der Waals surface area contributed by atoms with Gasteiger partial charge in [0.15, 0.2) is 11.6 Å². The van der Waals surface area contributed by atoms with Gasteiger partial charge in [0.1, 0.15) is 11.6 Å². The molecule has 4 saturated heterocycles. The third-order valence-corrected chi connectivity index (χ3v) is 16.8. The number of fused-ring (bicyclic) bond motifs is 2. The summed E-state index contributed by atoms with van der Waals surface area (Å²) in [5, 5.41) is 13.0. The molecule has 2 spiro atoms. The van der Waals surface area contributed by atoms with Gasteiger partial charge in [-0.15, -0.1) is 22.7 Å². The molecule has 2 aromatic carbocycles. The number of nitrogens with two attached hydrogens (primary N) is 2. The van der Waals surface area contributed by atoms with Crippen LogP contribution in [-0.2, 0) is 44.3 Å². The molecule has 83 heavy (non-hydrogen) atoms. The Kier molecular flexibility index (Phi) is 16.7. The average molecular weight is 1180 g/mol. The van der Waals surface area contributed by atoms with Crippen LogP contribution in [-0.4, -0.2) is 106 Å². The minimum Gasteiger partial charge on any atom is -0.478 e. The molecule has 8 aromatic rings. The van der Waals surface area contributed by atoms with Gasteiger partial charge in [-0.25, -0.2) is 14.8 Å². The predicted octanol–water partition coefficient (Wildman–Crippen LogP) is 11.1. The first kappa shape index (κ1) is 58.0. The van der Waals surface area contributed by atoms with Crippen molar-refractivity contribution < 1.29 is 60.1 Å². The number of pyridine rings is 4. The number of carboxylic acids is 1. The van der Waals surface area contributed by atoms with Gasteiger partial charge in [0, 0.05) is 99.5 Å². The van der Waals surface area contributed by atoms with Crippen LogP contribution in [0.1, 0.15) is 65.6 Å². The number of nitrogens with zero attached hydrogens (tertiary/aromatic N) is 5. The van der Waals surface area contributed by atoms with E-state index in [-0.39, 0.29) is 62.0 Å². The minimum absolute atomic E-state index is 0.0601. The number of nitrogens with one attached hydrogen (secondary N) is 1. The first-order valence-electron chi connectivity index (χ1n) is 26.0. The summed E-state index contributed by atoms with van der Waals surface area (Å²) in [5.41, 5.74) is 13.1. The normalized spacial score (nSPS) is 15.9. The van der Waals surface area contributed by atoms with Gasteiger partial charge in [0.2, 0.25) is 0 Å². The molecule has 0 atom stereocenters. The number of aromatic carboxylic acids is 1. The quantitative estimate of drug-likeness (QED) is 0.0587. The number of carbonyl (C=O) groups is 4. The number of hydrogen-bond donors (Lipinski definition) is 4. The molecule has 15 nitrogen and oxygen atoms in total. The van der Waals surface area contributed by atoms with Gasteiger partial charge in [-0.2, -0.15) is 26.3 Å². The Balaban J connectivity index is 0.000000167. The highest BCUT2D eigenvalue weighted by molar-refractivity contribution is 7.19. The number of carboxylic acid groups (broad SMARTS) is 1. The monoisotopic (exact) mass is 1170 g/mol. The van der Waals surface area contributed by atoms with Crippen molar-refractivity contribution in [3.63, 3.8) is 0 Å². The summed E-state index contributed by atoms with van der Waals surface area (Å²) in [6.45, 7) is 6.99. The van der Waals surface area contributed by atoms with E-state index in [1.54, 1.807) is 83.9 Å². The average Bonchev–Trinajstić information content (AvgIpc) is 4.14. The topological polar surface area (TPSA) is 226 Å². The SMILES string of the molecule is C1NCC12COC2.Nc1ccc(/C=C/C(=O)CCc2cc3cc(-c4ccc(C(=O)N5CC6(COC6)C5)cn4)cc(C(F)(F)F)c3s2)cn1.Nc1ccc(/C=C/C(=O)CCc2cc3cc(-c4ccc(C(=O)O)cn4)cc(C(F)(F)F)c3s2)cn1. The summed E-state index contributed by atoms with van der Waals surface area (Å²) in [6.07, 6.45) is 3.41. The van der Waals surface area contributed by atoms with Crippen molar-refractivity contribution in [2.24, 2.45) is 10.8 Å². The van der Waals surface area contributed by atoms with Crippen molar-refractivity contribution in [2.45, 2.75) is 38.0 Å². The molecule has 4 aliphatic heterocycles. The van der Waals surface area contributed by atoms with E-state index in [9.17, 15) is 45.5 Å². The van der Waals surface area contributed by atoms with Gasteiger partial charge in [-0.1, -0.05) is 0 Å². The molecule has 0 unspecified atom stereocenters. The number of hydrogen-bond acceptors (Lipinski definition) is 15. The largest absolute Gasteiger partial charge is 0.478 e. The zero-order chi connectivity index (χ0) is 58.7. The fraction of sp³-hybridized carbons (Fsp3) is 0.267. The van der Waals surface area contributed by atoms with E-state index in [0.717, 1.165) is 59.8 Å². The van der Waals surface area contributed by atoms with Crippen molar-refractivity contribution in [2.75, 3.05) is 64.1 Å². The highest BCUT2D eigenvalue weighted by Gasteiger charge is 2.51. The van der Waals surface area contributed by atoms with Crippen molar-refractivity contribution in [3.8, 4) is 22.5 Å². The fourth-order valence-electron chi connectivity index (χ4n) is 9.56. The third kappa shape index (κ3) is 13.8. The molecular formula is C60H52F6N8O7S2. The summed E-state index contributed by atoms with van der Waals surface area (Å²) in [6, 6.07) is 21.2. The number of aromatic nitrogens is 4. The van der Waals surface area contributed by atoms with Crippen LogP contribution in [0.15, 0.2) is 122 Å². The van der Waals surface area contributed by atoms with Crippen LogP contribution in [0.3, 0.4) is 0 Å². The van der Waals surface area contributed by atoms with Crippen LogP contribution in [0, 0.1) is 10.8 Å². The van der Waals surface area contributed by atoms with E-state index in [1.807, 2.05) is 0 Å². The molecule has 12 rings (SSSR count). The Labute approximate surface area is 478 Å². The Morgan fingerprint density at radius 1 is 0.602 bits per heavy atom. The van der Waals surface area contributed by atoms with Gasteiger partial charge < -0.3 is 36.3 Å². The van der Waals surface area contributed by atoms with Crippen molar-refractivity contribution in [3.05, 3.63) is 165 Å². The molecule has 6 N–H and O–H groups in total. The second-order valence-corrected chi connectivity index (χ2v) is 23.1. The number of alkyl halides is 6. The number of ether oxygens (including phenoxy) is 2. The molecule has 428 valence electrons. The molecule has 0 bridgehead atoms. The Morgan fingerprint density at radius 3 is 1.40 bits per heavy atom. The molecule has 4 fully saturated rings. The maximum atomic E-state index is 14.1. The van der Waals surface area contributed by atoms with Crippen LogP contribution in [0.5, 0.6) is 0 Å². The predicted molar refractivity (Wildman–Crippen MR) is 304 cm³/mol. The second kappa shape index (κ2) is 23.9. The molecular weight excluding hydrogens is 1120 g/mol. The number of benzene rings is 2. The number of nitrogen functional groups attached to an aromatic ring is 2. The maximum Gasteiger partial charge on any atom is 0.417 e. The second-order valence-electron chi connectivity index (χ2n) is 20.9. The molecule has 0 saturated carbocycles. The van der Waals surface area contributed by atoms with Gasteiger partial charge in [0.25, 0.3) is 5.91 Å². The van der Waals surface area contributed by atoms with Crippen LogP contribution < -0.4 is 16.8 Å². The van der Waals surface area contributed by atoms with E-state index in [0.29, 0.717) is 99.1 Å². The van der Waals surface area contributed by atoms with Crippen LogP contribution >= 0.6 is 22.7 Å². The summed E-state index contributed by atoms with van der Waals surface area (Å²) in [7, 11) is 0. The summed E-state index contributed by atoms with van der Waals surface area (Å²) >= 11 is 2.04. The van der Waals surface area contributed by atoms with E-state index < -0.39 is 29.4 Å². The minimum atomic E-state index is -4.59. The highest BCUT2D eigenvalue weighted by atomic mass is 32.1. The molecule has 6 aromatic heterocycles. The van der Waals surface area contributed by atoms with Gasteiger partial charge in [0.05, 0.1) is 65.5 Å². The summed E-state index contributed by atoms with van der Waals surface area (Å²) in [5.74, 6) is -0.893. The van der Waals surface area contributed by atoms with Gasteiger partial charge in [-0.3, -0.25) is 24.4 Å². The lowest BCUT2D eigenvalue weighted by Crippen LogP contribution is -2.67. The number of halogens is 6. The van der Waals surface area contributed by atoms with E-state index in [4.69, 9.17) is 26.0 Å². The molecule has 0 radical (unpaired) electrons. The number of rotatable bonds is 14. The Morgan fingerprint density at radius 2 is 1.06 bits per heavy atom. The Bertz CT molecular complexity index is 3760. The number of aryl methyl sites for hydroxylation is 2. The van der Waals surface area contributed by atoms with E-state index in [1.165, 1.54) is 49.8 Å². The Hall–Kier alpha value is -8.22. The standard InChI is InChI=1S/C30H25F3N4O3S.C25H18F3N3O3S.C5H9NO/c31-30(32,33)24-11-20(25-7-3-19(13-35-25)28(39)37-14-29(15-37)16-40-17-29)9-21-10-23(41-27(21)24)6-5-22(38)4-1-18-2-8-26(34)36-12-18;26-25(27,28)20-11-16(21-7-3-15(13-30-21)24(33)34)9-17-10-19(35-23(17)20)6-5-18(32)4-1-14-2-8-22(29)31-12-14;1-5(2-6-1)3-7-4-5/h1-4,7-13H,5-6,14-17H2,(H2,34,36);1-4,7-13H,5-6H2,(H2,29,31)(H,33,34);6H,1-4H2/b2*4-1+;. The number of likely N-dealkylation sites (tertiary alicyclic amines) is 1. The summed E-state index contributed by atoms with van der Waals surface area (Å²) in [4.78, 5) is 67.7. The number of thiophene rings is 2. The zero-order valence-electron chi connectivity index (χ0n) is 44.1. The smallest absolute Gasteiger partial charge is 0.417 e. The van der Waals surface area contributed by atoms with Crippen molar-refractivity contribution in [1.82, 2.24) is 30.2 Å². The number of anilines is 2. The molecule has 0 aliphatic carbocycles. The van der Waals surface area contributed by atoms with Crippen LogP contribution in [0.4, 0.5) is 38.0 Å². The lowest BCUT2D eigenvalue weighted by atomic mass is 9.78. The molecule has 4 aliphatic rings. The fourth-order valence-corrected chi connectivity index (χ4v) is 11.9. The first-order chi connectivity index (χ1) is 39.6. The maximum absolute atomic E-state index is 14.1. The van der Waals surface area contributed by atoms with Gasteiger partial charge in [-0.05, 0) is 144 Å². The molecule has 23 heteroatoms. The van der Waals surface area contributed by atoms with Crippen LogP contribution in [0.25, 0.3) is 54.8 Å². The lowest BCUT2D eigenvalue weighted by molar-refractivity contribution is -0.176. The highest BCUT2D eigenvalue weighted by Crippen LogP contribution is 2.44. The molecule has 10 heterocycles. The number of carbonyl (C=O) groups excluding carboxylic acids is 3. The zero-order valence-corrected chi connectivity index (χ0v) is 45.7. The number of ketones is 2. The lowest BCUT2D eigenvalue weighted by Gasteiger charge is -2.54. The van der Waals surface area contributed by atoms with Crippen LogP contribution in [0.2, 0.25) is 0 Å². The number of allylic oxidation sites excluding steroid dienone is 2. The van der Waals surface area contributed by atoms with E-state index >= 15 is 0 Å². The first-order valence-corrected chi connectivity index (χ1v) is 27.7. The van der Waals surface area contributed by atoms with Gasteiger partial charge >= 0.3 is 18.3 Å².